The topological polar surface area (TPSA) is 109 Å². The highest BCUT2D eigenvalue weighted by Crippen LogP contribution is 2.63. The molecule has 218 valence electrons. The zero-order chi connectivity index (χ0) is 30.0. The van der Waals surface area contributed by atoms with Crippen molar-refractivity contribution in [2.75, 3.05) is 23.6 Å². The van der Waals surface area contributed by atoms with E-state index in [1.165, 1.54) is 4.90 Å². The molecule has 2 heterocycles. The Labute approximate surface area is 261 Å². The fourth-order valence-corrected chi connectivity index (χ4v) is 7.59. The van der Waals surface area contributed by atoms with Gasteiger partial charge in [0.05, 0.1) is 29.5 Å². The summed E-state index contributed by atoms with van der Waals surface area (Å²) in [6.07, 6.45) is 1.66. The average molecular weight is 650 g/mol. The van der Waals surface area contributed by atoms with Crippen molar-refractivity contribution in [2.45, 2.75) is 11.3 Å². The number of ether oxygens (including phenoxy) is 2. The first-order chi connectivity index (χ1) is 21.5. The number of hydrogen-bond donors (Lipinski definition) is 2. The number of amides is 3. The van der Waals surface area contributed by atoms with Crippen molar-refractivity contribution >= 4 is 51.2 Å². The van der Waals surface area contributed by atoms with Crippen molar-refractivity contribution in [1.29, 1.82) is 0 Å². The Morgan fingerprint density at radius 1 is 0.909 bits per heavy atom. The van der Waals surface area contributed by atoms with E-state index in [-0.39, 0.29) is 37.0 Å². The van der Waals surface area contributed by atoms with Crippen LogP contribution < -0.4 is 25.1 Å². The number of anilines is 2. The summed E-state index contributed by atoms with van der Waals surface area (Å²) in [6.45, 7) is 0.125. The molecule has 2 bridgehead atoms. The summed E-state index contributed by atoms with van der Waals surface area (Å²) in [5.74, 6) is -1.25. The predicted octanol–water partition coefficient (Wildman–Crippen LogP) is 4.94. The molecule has 4 aromatic carbocycles. The Hall–Kier alpha value is -4.96. The first-order valence-corrected chi connectivity index (χ1v) is 15.1. The van der Waals surface area contributed by atoms with Crippen LogP contribution in [0, 0.1) is 11.8 Å². The van der Waals surface area contributed by atoms with Gasteiger partial charge in [0.1, 0.15) is 0 Å². The zero-order valence-corrected chi connectivity index (χ0v) is 24.8. The lowest BCUT2D eigenvalue weighted by Gasteiger charge is -2.52. The van der Waals surface area contributed by atoms with Gasteiger partial charge in [0.2, 0.25) is 18.6 Å². The van der Waals surface area contributed by atoms with Crippen LogP contribution in [0.15, 0.2) is 101 Å². The molecule has 4 aromatic rings. The smallest absolute Gasteiger partial charge is 0.259 e. The van der Waals surface area contributed by atoms with Gasteiger partial charge in [0, 0.05) is 28.4 Å². The van der Waals surface area contributed by atoms with Gasteiger partial charge in [-0.25, -0.2) is 10.3 Å². The number of carbonyl (C=O) groups excluding carboxylic acids is 3. The first kappa shape index (κ1) is 26.7. The van der Waals surface area contributed by atoms with Gasteiger partial charge >= 0.3 is 0 Å². The van der Waals surface area contributed by atoms with Crippen LogP contribution >= 0.6 is 15.9 Å². The highest BCUT2D eigenvalue weighted by Gasteiger charge is 2.68. The van der Waals surface area contributed by atoms with E-state index >= 15 is 0 Å². The number of hydrazone groups is 1. The van der Waals surface area contributed by atoms with Crippen LogP contribution in [0.25, 0.3) is 0 Å². The van der Waals surface area contributed by atoms with Crippen molar-refractivity contribution in [2.24, 2.45) is 16.9 Å². The maximum absolute atomic E-state index is 14.4. The second kappa shape index (κ2) is 10.1. The molecule has 9 nitrogen and oxygen atoms in total. The van der Waals surface area contributed by atoms with E-state index in [0.717, 1.165) is 26.7 Å². The lowest BCUT2D eigenvalue weighted by molar-refractivity contribution is -0.122. The van der Waals surface area contributed by atoms with Crippen molar-refractivity contribution in [1.82, 2.24) is 5.43 Å². The number of hydrogen-bond acceptors (Lipinski definition) is 7. The average Bonchev–Trinajstić information content (AvgIpc) is 3.62. The van der Waals surface area contributed by atoms with Crippen molar-refractivity contribution in [3.05, 3.63) is 118 Å². The standard InChI is InChI=1S/C34H25BrN4O5/c35-19-9-12-21(13-10-19)39-32(41)30-29-22-5-1-3-7-24(22)34(31(30)33(39)42,25-8-4-2-6-23(25)29)17-37-38-28(40)16-36-20-11-14-26-27(15-20)44-18-43-26/h1-15,17,29-31,36H,16,18H2,(H,38,40)/b37-17+/t29?,30-,31-,34?/m1/s1. The highest BCUT2D eigenvalue weighted by molar-refractivity contribution is 9.10. The van der Waals surface area contributed by atoms with Crippen molar-refractivity contribution in [3.8, 4) is 11.5 Å². The number of imide groups is 1. The summed E-state index contributed by atoms with van der Waals surface area (Å²) in [5.41, 5.74) is 6.62. The molecular formula is C34H25BrN4O5. The van der Waals surface area contributed by atoms with Gasteiger partial charge in [0.25, 0.3) is 5.91 Å². The lowest BCUT2D eigenvalue weighted by Crippen LogP contribution is -2.54. The van der Waals surface area contributed by atoms with Gasteiger partial charge in [-0.15, -0.1) is 0 Å². The van der Waals surface area contributed by atoms with Gasteiger partial charge in [-0.05, 0) is 58.7 Å². The summed E-state index contributed by atoms with van der Waals surface area (Å²) in [7, 11) is 0. The molecule has 1 fully saturated rings. The molecule has 0 saturated carbocycles. The van der Waals surface area contributed by atoms with Crippen LogP contribution in [-0.2, 0) is 19.8 Å². The Morgan fingerprint density at radius 3 is 2.32 bits per heavy atom. The molecule has 9 rings (SSSR count). The van der Waals surface area contributed by atoms with E-state index in [1.54, 1.807) is 36.5 Å². The van der Waals surface area contributed by atoms with Gasteiger partial charge in [-0.2, -0.15) is 5.10 Å². The van der Waals surface area contributed by atoms with E-state index in [0.29, 0.717) is 22.9 Å². The molecule has 0 radical (unpaired) electrons. The number of nitrogens with one attached hydrogen (secondary N) is 2. The zero-order valence-electron chi connectivity index (χ0n) is 23.2. The van der Waals surface area contributed by atoms with E-state index in [1.807, 2.05) is 60.7 Å². The SMILES string of the molecule is O=C(CNc1ccc2c(c1)OCO2)N/N=C/C12c3ccccc3C(c3ccccc31)[C@H]1C(=O)N(c3ccc(Br)cc3)C(=O)[C@@H]12. The number of rotatable bonds is 6. The molecule has 3 aliphatic carbocycles. The van der Waals surface area contributed by atoms with E-state index in [2.05, 4.69) is 31.8 Å². The lowest BCUT2D eigenvalue weighted by atomic mass is 9.47. The van der Waals surface area contributed by atoms with Crippen molar-refractivity contribution < 1.29 is 23.9 Å². The molecule has 2 aliphatic heterocycles. The second-order valence-corrected chi connectivity index (χ2v) is 12.1. The number of carbonyl (C=O) groups is 3. The molecule has 2 N–H and O–H groups in total. The molecule has 0 aromatic heterocycles. The molecule has 3 amide bonds. The number of halogens is 1. The van der Waals surface area contributed by atoms with Gasteiger partial charge < -0.3 is 14.8 Å². The summed E-state index contributed by atoms with van der Waals surface area (Å²) < 4.78 is 11.6. The normalized spacial score (nSPS) is 23.8. The summed E-state index contributed by atoms with van der Waals surface area (Å²) in [5, 5.41) is 7.53. The molecule has 1 saturated heterocycles. The van der Waals surface area contributed by atoms with Crippen LogP contribution in [0.3, 0.4) is 0 Å². The maximum atomic E-state index is 14.4. The third kappa shape index (κ3) is 3.83. The van der Waals surface area contributed by atoms with Crippen LogP contribution in [0.2, 0.25) is 0 Å². The summed E-state index contributed by atoms with van der Waals surface area (Å²) in [6, 6.07) is 28.4. The van der Waals surface area contributed by atoms with Gasteiger partial charge in [0.15, 0.2) is 11.5 Å². The third-order valence-electron chi connectivity index (χ3n) is 9.05. The van der Waals surface area contributed by atoms with E-state index < -0.39 is 17.3 Å². The van der Waals surface area contributed by atoms with Crippen LogP contribution in [0.4, 0.5) is 11.4 Å². The summed E-state index contributed by atoms with van der Waals surface area (Å²) in [4.78, 5) is 42.9. The fourth-order valence-electron chi connectivity index (χ4n) is 7.33. The van der Waals surface area contributed by atoms with Crippen molar-refractivity contribution in [3.63, 3.8) is 0 Å². The molecule has 0 spiro atoms. The Morgan fingerprint density at radius 2 is 1.59 bits per heavy atom. The van der Waals surface area contributed by atoms with Crippen LogP contribution in [0.5, 0.6) is 11.5 Å². The molecule has 0 unspecified atom stereocenters. The highest BCUT2D eigenvalue weighted by atomic mass is 79.9. The number of fused-ring (bicyclic) bond motifs is 1. The monoisotopic (exact) mass is 648 g/mol. The third-order valence-corrected chi connectivity index (χ3v) is 9.58. The predicted molar refractivity (Wildman–Crippen MR) is 167 cm³/mol. The number of nitrogens with zero attached hydrogens (tertiary/aromatic N) is 2. The largest absolute Gasteiger partial charge is 0.454 e. The quantitative estimate of drug-likeness (QED) is 0.174. The Bertz CT molecular complexity index is 1840. The van der Waals surface area contributed by atoms with E-state index in [9.17, 15) is 14.4 Å². The molecule has 44 heavy (non-hydrogen) atoms. The molecule has 5 aliphatic rings. The maximum Gasteiger partial charge on any atom is 0.259 e. The number of benzene rings is 4. The Balaban J connectivity index is 1.16. The Kier molecular flexibility index (Phi) is 6.09. The fraction of sp³-hybridized carbons (Fsp3) is 0.176. The second-order valence-electron chi connectivity index (χ2n) is 11.2. The summed E-state index contributed by atoms with van der Waals surface area (Å²) >= 11 is 3.44. The van der Waals surface area contributed by atoms with Gasteiger partial charge in [-0.3, -0.25) is 14.4 Å². The minimum atomic E-state index is -1.07. The minimum Gasteiger partial charge on any atom is -0.454 e. The van der Waals surface area contributed by atoms with E-state index in [4.69, 9.17) is 9.47 Å². The van der Waals surface area contributed by atoms with Gasteiger partial charge in [-0.1, -0.05) is 64.5 Å². The first-order valence-electron chi connectivity index (χ1n) is 14.3. The van der Waals surface area contributed by atoms with Crippen LogP contribution in [0.1, 0.15) is 28.2 Å². The minimum absolute atomic E-state index is 0.0416. The van der Waals surface area contributed by atoms with Crippen LogP contribution in [-0.4, -0.2) is 37.3 Å². The molecular weight excluding hydrogens is 624 g/mol. The molecule has 2 atom stereocenters. The molecule has 10 heteroatoms.